The van der Waals surface area contributed by atoms with Gasteiger partial charge in [0.1, 0.15) is 11.2 Å². The highest BCUT2D eigenvalue weighted by molar-refractivity contribution is 6.23. The van der Waals surface area contributed by atoms with Gasteiger partial charge in [0.25, 0.3) is 0 Å². The summed E-state index contributed by atoms with van der Waals surface area (Å²) in [5.74, 6) is 0. The molecule has 0 aliphatic heterocycles. The lowest BCUT2D eigenvalue weighted by atomic mass is 9.83. The molecule has 0 aliphatic carbocycles. The quantitative estimate of drug-likeness (QED) is 0.188. The minimum atomic E-state index is -0.469. The average molecular weight is 583 g/mol. The first kappa shape index (κ1) is 17.4. The van der Waals surface area contributed by atoms with Gasteiger partial charge in [0, 0.05) is 10.8 Å². The standard InChI is InChI=1S/C44H28O/c1-3-13-29(14-4-1)30-23-25-32(26-24-30)43-34-18-7-9-20-36(34)44(37-21-10-8-19-35(37)43)40-27-39-33-17-11-12-22-41(33)45-42(39)28-38(40)31-15-5-2-6-16-31/h1-28H/i1D,2D,3D,4D,5D,6D,13D,14D,15D,16D. The lowest BCUT2D eigenvalue weighted by Gasteiger charge is -2.20. The fourth-order valence-electron chi connectivity index (χ4n) is 6.50. The molecule has 0 radical (unpaired) electrons. The Morgan fingerprint density at radius 3 is 1.49 bits per heavy atom. The van der Waals surface area contributed by atoms with Gasteiger partial charge in [0.2, 0.25) is 0 Å². The van der Waals surface area contributed by atoms with E-state index in [9.17, 15) is 0 Å². The molecular formula is C44H28O. The van der Waals surface area contributed by atoms with Crippen molar-refractivity contribution in [3.8, 4) is 44.5 Å². The van der Waals surface area contributed by atoms with Crippen LogP contribution in [0.4, 0.5) is 0 Å². The smallest absolute Gasteiger partial charge is 0.136 e. The molecule has 0 saturated carbocycles. The third kappa shape index (κ3) is 4.17. The molecule has 45 heavy (non-hydrogen) atoms. The molecule has 1 heterocycles. The topological polar surface area (TPSA) is 13.1 Å². The van der Waals surface area contributed by atoms with Gasteiger partial charge < -0.3 is 4.42 Å². The van der Waals surface area contributed by atoms with Crippen molar-refractivity contribution in [2.45, 2.75) is 0 Å². The van der Waals surface area contributed by atoms with Gasteiger partial charge in [0.15, 0.2) is 0 Å². The summed E-state index contributed by atoms with van der Waals surface area (Å²) in [5, 5.41) is 5.24. The third-order valence-corrected chi connectivity index (χ3v) is 8.45. The van der Waals surface area contributed by atoms with E-state index < -0.39 is 36.3 Å². The summed E-state index contributed by atoms with van der Waals surface area (Å²) in [5.41, 5.74) is 5.58. The molecule has 0 saturated heterocycles. The molecule has 9 rings (SSSR count). The zero-order valence-electron chi connectivity index (χ0n) is 33.8. The summed E-state index contributed by atoms with van der Waals surface area (Å²) < 4.78 is 91.0. The molecular weight excluding hydrogens is 544 g/mol. The van der Waals surface area contributed by atoms with Crippen LogP contribution in [0, 0.1) is 0 Å². The summed E-state index contributed by atoms with van der Waals surface area (Å²) in [6.07, 6.45) is 0. The van der Waals surface area contributed by atoms with Crippen LogP contribution in [0.3, 0.4) is 0 Å². The first-order chi connectivity index (χ1) is 26.5. The van der Waals surface area contributed by atoms with E-state index in [-0.39, 0.29) is 35.3 Å². The van der Waals surface area contributed by atoms with Gasteiger partial charge >= 0.3 is 0 Å². The Morgan fingerprint density at radius 2 is 0.867 bits per heavy atom. The summed E-state index contributed by atoms with van der Waals surface area (Å²) in [7, 11) is 0. The van der Waals surface area contributed by atoms with E-state index in [0.29, 0.717) is 27.9 Å². The molecule has 1 heteroatoms. The molecule has 0 amide bonds. The second kappa shape index (κ2) is 10.4. The molecule has 0 bridgehead atoms. The van der Waals surface area contributed by atoms with Gasteiger partial charge in [-0.1, -0.05) is 151 Å². The van der Waals surface area contributed by atoms with E-state index >= 15 is 0 Å². The molecule has 0 unspecified atom stereocenters. The number of rotatable bonds is 4. The number of hydrogen-bond donors (Lipinski definition) is 0. The van der Waals surface area contributed by atoms with Gasteiger partial charge in [-0.3, -0.25) is 0 Å². The van der Waals surface area contributed by atoms with Crippen molar-refractivity contribution in [1.82, 2.24) is 0 Å². The molecule has 0 N–H and O–H groups in total. The zero-order valence-corrected chi connectivity index (χ0v) is 23.8. The molecule has 0 atom stereocenters. The molecule has 0 aliphatic rings. The molecule has 0 spiro atoms. The van der Waals surface area contributed by atoms with E-state index in [0.717, 1.165) is 49.0 Å². The van der Waals surface area contributed by atoms with Gasteiger partial charge in [0.05, 0.1) is 13.7 Å². The van der Waals surface area contributed by atoms with E-state index in [1.54, 1.807) is 18.2 Å². The van der Waals surface area contributed by atoms with Crippen molar-refractivity contribution in [3.63, 3.8) is 0 Å². The van der Waals surface area contributed by atoms with Crippen LogP contribution < -0.4 is 0 Å². The van der Waals surface area contributed by atoms with E-state index in [2.05, 4.69) is 0 Å². The van der Waals surface area contributed by atoms with Crippen LogP contribution in [-0.2, 0) is 0 Å². The first-order valence-corrected chi connectivity index (χ1v) is 14.6. The Kier molecular flexibility index (Phi) is 4.01. The SMILES string of the molecule is [2H]c1c([2H])c([2H])c(-c2ccc(-c3c4ccccc4c(-c4cc5c(cc4-c4c([2H])c([2H])c([2H])c([2H])c4[2H])oc4ccccc45)c4ccccc34)cc2)c([2H])c1[2H]. The highest BCUT2D eigenvalue weighted by atomic mass is 16.3. The van der Waals surface area contributed by atoms with Crippen molar-refractivity contribution in [2.75, 3.05) is 0 Å². The number of para-hydroxylation sites is 1. The molecule has 9 aromatic rings. The zero-order chi connectivity index (χ0) is 38.4. The first-order valence-electron chi connectivity index (χ1n) is 19.6. The van der Waals surface area contributed by atoms with Crippen molar-refractivity contribution in [1.29, 1.82) is 0 Å². The maximum Gasteiger partial charge on any atom is 0.136 e. The Labute approximate surface area is 275 Å². The normalized spacial score (nSPS) is 14.7. The van der Waals surface area contributed by atoms with Crippen LogP contribution in [0.1, 0.15) is 13.7 Å². The number of benzene rings is 8. The fraction of sp³-hybridized carbons (Fsp3) is 0. The summed E-state index contributed by atoms with van der Waals surface area (Å²) in [6, 6.07) is 31.0. The molecule has 1 aromatic heterocycles. The number of furan rings is 1. The van der Waals surface area contributed by atoms with Gasteiger partial charge in [-0.05, 0) is 84.3 Å². The van der Waals surface area contributed by atoms with Gasteiger partial charge in [-0.15, -0.1) is 0 Å². The molecule has 0 fully saturated rings. The third-order valence-electron chi connectivity index (χ3n) is 8.45. The van der Waals surface area contributed by atoms with Crippen LogP contribution in [0.15, 0.2) is 174 Å². The van der Waals surface area contributed by atoms with E-state index in [1.807, 2.05) is 91.0 Å². The lowest BCUT2D eigenvalue weighted by Crippen LogP contribution is -1.93. The van der Waals surface area contributed by atoms with Crippen molar-refractivity contribution < 1.29 is 18.1 Å². The molecule has 1 nitrogen and oxygen atoms in total. The minimum Gasteiger partial charge on any atom is -0.456 e. The summed E-state index contributed by atoms with van der Waals surface area (Å²) in [6.45, 7) is 0. The van der Waals surface area contributed by atoms with Gasteiger partial charge in [-0.25, -0.2) is 0 Å². The van der Waals surface area contributed by atoms with E-state index in [1.165, 1.54) is 0 Å². The van der Waals surface area contributed by atoms with Crippen LogP contribution in [-0.4, -0.2) is 0 Å². The monoisotopic (exact) mass is 582 g/mol. The second-order valence-electron chi connectivity index (χ2n) is 10.9. The number of hydrogen-bond acceptors (Lipinski definition) is 1. The largest absolute Gasteiger partial charge is 0.456 e. The fourth-order valence-corrected chi connectivity index (χ4v) is 6.50. The van der Waals surface area contributed by atoms with Crippen LogP contribution in [0.5, 0.6) is 0 Å². The lowest BCUT2D eigenvalue weighted by molar-refractivity contribution is 0.669. The molecule has 210 valence electrons. The molecule has 8 aromatic carbocycles. The van der Waals surface area contributed by atoms with Crippen molar-refractivity contribution >= 4 is 43.5 Å². The van der Waals surface area contributed by atoms with Crippen molar-refractivity contribution in [2.24, 2.45) is 0 Å². The van der Waals surface area contributed by atoms with Crippen LogP contribution >= 0.6 is 0 Å². The highest BCUT2D eigenvalue weighted by Crippen LogP contribution is 2.48. The average Bonchev–Trinajstić information content (AvgIpc) is 3.57. The second-order valence-corrected chi connectivity index (χ2v) is 10.9. The summed E-state index contributed by atoms with van der Waals surface area (Å²) >= 11 is 0. The minimum absolute atomic E-state index is 0.0730. The maximum atomic E-state index is 9.00. The highest BCUT2D eigenvalue weighted by Gasteiger charge is 2.21. The van der Waals surface area contributed by atoms with Crippen LogP contribution in [0.25, 0.3) is 88.0 Å². The summed E-state index contributed by atoms with van der Waals surface area (Å²) in [4.78, 5) is 0. The Morgan fingerprint density at radius 1 is 0.356 bits per heavy atom. The van der Waals surface area contributed by atoms with E-state index in [4.69, 9.17) is 18.1 Å². The number of fused-ring (bicyclic) bond motifs is 5. The van der Waals surface area contributed by atoms with Crippen LogP contribution in [0.2, 0.25) is 0 Å². The van der Waals surface area contributed by atoms with Crippen molar-refractivity contribution in [3.05, 3.63) is 170 Å². The Hall–Kier alpha value is -5.92. The predicted octanol–water partition coefficient (Wildman–Crippen LogP) is 12.6. The Bertz CT molecular complexity index is 2980. The maximum absolute atomic E-state index is 9.00. The predicted molar refractivity (Wildman–Crippen MR) is 190 cm³/mol. The Balaban J connectivity index is 1.36. The van der Waals surface area contributed by atoms with Gasteiger partial charge in [-0.2, -0.15) is 0 Å².